The highest BCUT2D eigenvalue weighted by atomic mass is 16.6. The van der Waals surface area contributed by atoms with Crippen LogP contribution in [-0.4, -0.2) is 43.0 Å². The van der Waals surface area contributed by atoms with E-state index in [2.05, 4.69) is 50.1 Å². The van der Waals surface area contributed by atoms with Gasteiger partial charge in [-0.25, -0.2) is 4.79 Å². The lowest BCUT2D eigenvalue weighted by molar-refractivity contribution is -0.155. The number of amides is 1. The van der Waals surface area contributed by atoms with Crippen molar-refractivity contribution in [2.75, 3.05) is 6.61 Å². The Morgan fingerprint density at radius 2 is 1.83 bits per heavy atom. The zero-order chi connectivity index (χ0) is 22.3. The van der Waals surface area contributed by atoms with Gasteiger partial charge in [0, 0.05) is 18.5 Å². The van der Waals surface area contributed by atoms with Gasteiger partial charge in [-0.15, -0.1) is 0 Å². The molecule has 0 saturated heterocycles. The van der Waals surface area contributed by atoms with Crippen LogP contribution in [0.3, 0.4) is 0 Å². The summed E-state index contributed by atoms with van der Waals surface area (Å²) < 4.78 is 16.4. The van der Waals surface area contributed by atoms with Crippen LogP contribution in [0.15, 0.2) is 36.4 Å². The maximum Gasteiger partial charge on any atom is 0.407 e. The second-order valence-electron chi connectivity index (χ2n) is 8.55. The Labute approximate surface area is 179 Å². The van der Waals surface area contributed by atoms with Crippen LogP contribution < -0.4 is 5.32 Å². The second kappa shape index (κ2) is 10.3. The molecule has 1 aliphatic heterocycles. The summed E-state index contributed by atoms with van der Waals surface area (Å²) in [5.41, 5.74) is 2.20. The summed E-state index contributed by atoms with van der Waals surface area (Å²) in [4.78, 5) is 23.1. The highest BCUT2D eigenvalue weighted by molar-refractivity contribution is 5.67. The lowest BCUT2D eigenvalue weighted by Gasteiger charge is -2.29. The Balaban J connectivity index is 2.06. The predicted molar refractivity (Wildman–Crippen MR) is 115 cm³/mol. The minimum absolute atomic E-state index is 0.0442. The number of benzene rings is 1. The van der Waals surface area contributed by atoms with Crippen molar-refractivity contribution < 1.29 is 23.8 Å². The molecule has 6 heteroatoms. The van der Waals surface area contributed by atoms with E-state index in [-0.39, 0.29) is 18.1 Å². The first-order valence-electron chi connectivity index (χ1n) is 10.1. The van der Waals surface area contributed by atoms with E-state index in [4.69, 9.17) is 14.2 Å². The number of ether oxygens (including phenoxy) is 3. The molecule has 1 heterocycles. The topological polar surface area (TPSA) is 73.9 Å². The number of alkyl carbamates (subject to hydrolysis) is 1. The number of nitrogens with one attached hydrogen (secondary N) is 1. The fraction of sp³-hybridized carbons (Fsp3) is 0.500. The number of hydrogen-bond acceptors (Lipinski definition) is 5. The predicted octanol–water partition coefficient (Wildman–Crippen LogP) is 3.73. The quantitative estimate of drug-likeness (QED) is 0.463. The molecule has 0 aromatic heterocycles. The average Bonchev–Trinajstić information content (AvgIpc) is 2.64. The van der Waals surface area contributed by atoms with Crippen molar-refractivity contribution in [2.45, 2.75) is 71.3 Å². The van der Waals surface area contributed by atoms with Gasteiger partial charge in [-0.3, -0.25) is 4.79 Å². The normalized spacial score (nSPS) is 20.8. The fourth-order valence-electron chi connectivity index (χ4n) is 2.81. The maximum atomic E-state index is 11.8. The Hall–Kier alpha value is -2.78. The van der Waals surface area contributed by atoms with Gasteiger partial charge in [-0.2, -0.15) is 0 Å². The Kier molecular flexibility index (Phi) is 8.08. The Bertz CT molecular complexity index is 824. The zero-order valence-electron chi connectivity index (χ0n) is 18.5. The highest BCUT2D eigenvalue weighted by Crippen LogP contribution is 2.22. The largest absolute Gasteiger partial charge is 0.455 e. The van der Waals surface area contributed by atoms with Gasteiger partial charge in [0.25, 0.3) is 0 Å². The second-order valence-corrected chi connectivity index (χ2v) is 8.55. The van der Waals surface area contributed by atoms with Crippen molar-refractivity contribution in [3.05, 3.63) is 47.5 Å². The molecule has 0 bridgehead atoms. The van der Waals surface area contributed by atoms with Gasteiger partial charge in [-0.1, -0.05) is 44.7 Å². The molecule has 1 N–H and O–H groups in total. The van der Waals surface area contributed by atoms with Crippen LogP contribution in [0, 0.1) is 11.8 Å². The van der Waals surface area contributed by atoms with E-state index in [1.54, 1.807) is 12.2 Å². The third-order valence-electron chi connectivity index (χ3n) is 4.36. The van der Waals surface area contributed by atoms with Crippen LogP contribution in [0.4, 0.5) is 4.79 Å². The summed E-state index contributed by atoms with van der Waals surface area (Å²) in [5.74, 6) is 5.73. The first-order chi connectivity index (χ1) is 14.0. The lowest BCUT2D eigenvalue weighted by atomic mass is 9.87. The number of carbonyl (C=O) groups excluding carboxylic acids is 2. The summed E-state index contributed by atoms with van der Waals surface area (Å²) in [6.07, 6.45) is 1.14. The third kappa shape index (κ3) is 7.57. The van der Waals surface area contributed by atoms with Gasteiger partial charge in [0.1, 0.15) is 24.9 Å². The van der Waals surface area contributed by atoms with E-state index in [0.717, 1.165) is 5.56 Å². The van der Waals surface area contributed by atoms with Crippen LogP contribution in [0.2, 0.25) is 0 Å². The Morgan fingerprint density at radius 3 is 2.40 bits per heavy atom. The minimum atomic E-state index is -0.640. The van der Waals surface area contributed by atoms with Gasteiger partial charge in [-0.05, 0) is 49.1 Å². The van der Waals surface area contributed by atoms with Crippen LogP contribution in [-0.2, 0) is 24.4 Å². The van der Waals surface area contributed by atoms with E-state index >= 15 is 0 Å². The number of rotatable bonds is 4. The average molecular weight is 414 g/mol. The Morgan fingerprint density at radius 1 is 1.17 bits per heavy atom. The maximum absolute atomic E-state index is 11.8. The summed E-state index contributed by atoms with van der Waals surface area (Å²) in [6, 6.07) is 8.07. The smallest absolute Gasteiger partial charge is 0.407 e. The summed E-state index contributed by atoms with van der Waals surface area (Å²) in [7, 11) is 0. The molecule has 3 atom stereocenters. The summed E-state index contributed by atoms with van der Waals surface area (Å²) >= 11 is 0. The minimum Gasteiger partial charge on any atom is -0.455 e. The molecule has 0 spiro atoms. The number of hydrogen-bond donors (Lipinski definition) is 1. The van der Waals surface area contributed by atoms with Crippen molar-refractivity contribution in [1.82, 2.24) is 5.32 Å². The molecule has 1 aliphatic rings. The molecule has 2 rings (SSSR count). The lowest BCUT2D eigenvalue weighted by Crippen LogP contribution is -2.42. The van der Waals surface area contributed by atoms with Crippen molar-refractivity contribution in [2.24, 2.45) is 0 Å². The monoisotopic (exact) mass is 413 g/mol. The van der Waals surface area contributed by atoms with Gasteiger partial charge < -0.3 is 19.5 Å². The van der Waals surface area contributed by atoms with E-state index in [1.165, 1.54) is 12.5 Å². The molecule has 0 saturated carbocycles. The number of esters is 1. The third-order valence-corrected chi connectivity index (χ3v) is 4.36. The van der Waals surface area contributed by atoms with Crippen LogP contribution >= 0.6 is 0 Å². The van der Waals surface area contributed by atoms with Crippen LogP contribution in [0.1, 0.15) is 52.7 Å². The molecule has 1 amide bonds. The highest BCUT2D eigenvalue weighted by Gasteiger charge is 2.30. The first-order valence-corrected chi connectivity index (χ1v) is 10.1. The molecule has 30 heavy (non-hydrogen) atoms. The van der Waals surface area contributed by atoms with Crippen LogP contribution in [0.25, 0.3) is 0 Å². The fourth-order valence-corrected chi connectivity index (χ4v) is 2.81. The standard InChI is InChI=1S/C24H31NO5/c1-16(2)25-23(27)28-15-22-21(29-17(3)26)14-13-20(30-22)12-9-18-7-10-19(11-8-18)24(4,5)6/h7-8,10-11,13-14,16,20-22H,15H2,1-6H3,(H,25,27)/t20-,21-,22-/m1/s1. The first kappa shape index (κ1) is 23.5. The molecule has 0 aliphatic carbocycles. The van der Waals surface area contributed by atoms with Gasteiger partial charge in [0.2, 0.25) is 0 Å². The molecular weight excluding hydrogens is 382 g/mol. The van der Waals surface area contributed by atoms with Gasteiger partial charge in [0.05, 0.1) is 0 Å². The molecule has 0 fully saturated rings. The number of carbonyl (C=O) groups is 2. The summed E-state index contributed by atoms with van der Waals surface area (Å²) in [5, 5.41) is 2.64. The van der Waals surface area contributed by atoms with Crippen molar-refractivity contribution in [3.63, 3.8) is 0 Å². The molecule has 162 valence electrons. The van der Waals surface area contributed by atoms with Crippen molar-refractivity contribution >= 4 is 12.1 Å². The van der Waals surface area contributed by atoms with Gasteiger partial charge in [0.15, 0.2) is 0 Å². The molecule has 1 aromatic carbocycles. The molecule has 0 unspecified atom stereocenters. The molecule has 0 radical (unpaired) electrons. The van der Waals surface area contributed by atoms with Gasteiger partial charge >= 0.3 is 12.1 Å². The molecular formula is C24H31NO5. The molecule has 6 nitrogen and oxygen atoms in total. The van der Waals surface area contributed by atoms with Crippen LogP contribution in [0.5, 0.6) is 0 Å². The molecule has 1 aromatic rings. The van der Waals surface area contributed by atoms with Crippen molar-refractivity contribution in [1.29, 1.82) is 0 Å². The van der Waals surface area contributed by atoms with E-state index < -0.39 is 30.4 Å². The van der Waals surface area contributed by atoms with E-state index in [9.17, 15) is 9.59 Å². The van der Waals surface area contributed by atoms with E-state index in [1.807, 2.05) is 26.0 Å². The van der Waals surface area contributed by atoms with Crippen molar-refractivity contribution in [3.8, 4) is 11.8 Å². The SMILES string of the molecule is CC(=O)O[C@@H]1C=C[C@@H](C#Cc2ccc(C(C)(C)C)cc2)O[C@@H]1COC(=O)NC(C)C. The van der Waals surface area contributed by atoms with E-state index in [0.29, 0.717) is 0 Å². The summed E-state index contributed by atoms with van der Waals surface area (Å²) in [6.45, 7) is 11.4. The zero-order valence-corrected chi connectivity index (χ0v) is 18.5.